The van der Waals surface area contributed by atoms with Gasteiger partial charge in [-0.3, -0.25) is 4.79 Å². The van der Waals surface area contributed by atoms with E-state index >= 15 is 0 Å². The number of hydrogen-bond donors (Lipinski definition) is 1. The van der Waals surface area contributed by atoms with Crippen LogP contribution in [0.4, 0.5) is 0 Å². The third-order valence-electron chi connectivity index (χ3n) is 2.81. The van der Waals surface area contributed by atoms with E-state index < -0.39 is 0 Å². The molecule has 1 aromatic heterocycles. The smallest absolute Gasteiger partial charge is 0.270 e. The molecule has 0 spiro atoms. The highest BCUT2D eigenvalue weighted by atomic mass is 16.1. The van der Waals surface area contributed by atoms with Crippen LogP contribution in [0.2, 0.25) is 0 Å². The van der Waals surface area contributed by atoms with Crippen molar-refractivity contribution >= 4 is 5.91 Å². The summed E-state index contributed by atoms with van der Waals surface area (Å²) in [4.78, 5) is 16.0. The predicted molar refractivity (Wildman–Crippen MR) is 58.6 cm³/mol. The van der Waals surface area contributed by atoms with Crippen LogP contribution >= 0.6 is 0 Å². The van der Waals surface area contributed by atoms with Gasteiger partial charge in [-0.2, -0.15) is 0 Å². The Kier molecular flexibility index (Phi) is 2.71. The Morgan fingerprint density at radius 3 is 2.87 bits per heavy atom. The Balaban J connectivity index is 2.00. The second-order valence-corrected chi connectivity index (χ2v) is 4.26. The lowest BCUT2D eigenvalue weighted by Crippen LogP contribution is -2.34. The maximum absolute atomic E-state index is 11.8. The number of carbonyl (C=O) groups is 1. The van der Waals surface area contributed by atoms with Crippen LogP contribution in [-0.4, -0.2) is 16.9 Å². The molecule has 1 fully saturated rings. The molecular formula is C12H16N2O. The minimum absolute atomic E-state index is 0.0573. The Labute approximate surface area is 89.9 Å². The third kappa shape index (κ3) is 2.55. The quantitative estimate of drug-likeness (QED) is 0.817. The molecule has 15 heavy (non-hydrogen) atoms. The summed E-state index contributed by atoms with van der Waals surface area (Å²) >= 11 is 0. The Morgan fingerprint density at radius 2 is 2.27 bits per heavy atom. The highest BCUT2D eigenvalue weighted by Gasteiger charge is 2.29. The first-order chi connectivity index (χ1) is 7.16. The van der Waals surface area contributed by atoms with E-state index in [1.165, 1.54) is 12.8 Å². The van der Waals surface area contributed by atoms with Gasteiger partial charge in [-0.25, -0.2) is 4.98 Å². The molecule has 80 valence electrons. The summed E-state index contributed by atoms with van der Waals surface area (Å²) in [6, 6.07) is 5.78. The van der Waals surface area contributed by atoms with Crippen molar-refractivity contribution in [1.82, 2.24) is 10.3 Å². The van der Waals surface area contributed by atoms with Crippen LogP contribution in [0.15, 0.2) is 18.2 Å². The first-order valence-electron chi connectivity index (χ1n) is 5.41. The zero-order valence-electron chi connectivity index (χ0n) is 9.16. The predicted octanol–water partition coefficient (Wildman–Crippen LogP) is 1.92. The third-order valence-corrected chi connectivity index (χ3v) is 2.81. The average Bonchev–Trinajstić information content (AvgIpc) is 3.00. The molecule has 0 radical (unpaired) electrons. The lowest BCUT2D eigenvalue weighted by molar-refractivity contribution is 0.0930. The Hall–Kier alpha value is -1.38. The van der Waals surface area contributed by atoms with Crippen LogP contribution < -0.4 is 5.32 Å². The fourth-order valence-electron chi connectivity index (χ4n) is 1.66. The van der Waals surface area contributed by atoms with Gasteiger partial charge < -0.3 is 5.32 Å². The molecule has 1 saturated carbocycles. The first-order valence-corrected chi connectivity index (χ1v) is 5.41. The van der Waals surface area contributed by atoms with Crippen molar-refractivity contribution in [3.63, 3.8) is 0 Å². The van der Waals surface area contributed by atoms with E-state index in [2.05, 4.69) is 17.2 Å². The minimum Gasteiger partial charge on any atom is -0.348 e. The maximum Gasteiger partial charge on any atom is 0.270 e. The number of pyridine rings is 1. The van der Waals surface area contributed by atoms with E-state index in [1.54, 1.807) is 6.07 Å². The van der Waals surface area contributed by atoms with Gasteiger partial charge in [-0.05, 0) is 44.7 Å². The van der Waals surface area contributed by atoms with Crippen molar-refractivity contribution < 1.29 is 4.79 Å². The average molecular weight is 204 g/mol. The SMILES string of the molecule is Cc1cccc(C(=O)N[C@@H](C)C2CC2)n1. The van der Waals surface area contributed by atoms with Gasteiger partial charge in [-0.1, -0.05) is 6.07 Å². The van der Waals surface area contributed by atoms with Crippen molar-refractivity contribution in [2.24, 2.45) is 5.92 Å². The maximum atomic E-state index is 11.8. The van der Waals surface area contributed by atoms with E-state index in [1.807, 2.05) is 19.1 Å². The summed E-state index contributed by atoms with van der Waals surface area (Å²) in [6.45, 7) is 3.95. The molecule has 0 aromatic carbocycles. The van der Waals surface area contributed by atoms with E-state index in [0.29, 0.717) is 11.6 Å². The standard InChI is InChI=1S/C12H16N2O/c1-8-4-3-5-11(13-8)12(15)14-9(2)10-6-7-10/h3-5,9-10H,6-7H2,1-2H3,(H,14,15)/t9-/m0/s1. The molecule has 1 amide bonds. The lowest BCUT2D eigenvalue weighted by atomic mass is 10.2. The molecule has 1 N–H and O–H groups in total. The van der Waals surface area contributed by atoms with Gasteiger partial charge in [0.1, 0.15) is 5.69 Å². The number of aromatic nitrogens is 1. The summed E-state index contributed by atoms with van der Waals surface area (Å²) < 4.78 is 0. The first kappa shape index (κ1) is 10.1. The van der Waals surface area contributed by atoms with Gasteiger partial charge in [0.05, 0.1) is 0 Å². The number of aryl methyl sites for hydroxylation is 1. The van der Waals surface area contributed by atoms with Crippen LogP contribution in [0.5, 0.6) is 0 Å². The van der Waals surface area contributed by atoms with Gasteiger partial charge in [-0.15, -0.1) is 0 Å². The molecular weight excluding hydrogens is 188 g/mol. The van der Waals surface area contributed by atoms with Crippen LogP contribution in [0.1, 0.15) is 35.9 Å². The fraction of sp³-hybridized carbons (Fsp3) is 0.500. The van der Waals surface area contributed by atoms with Gasteiger partial charge in [0.25, 0.3) is 5.91 Å². The molecule has 3 nitrogen and oxygen atoms in total. The number of nitrogens with zero attached hydrogens (tertiary/aromatic N) is 1. The second kappa shape index (κ2) is 4.01. The summed E-state index contributed by atoms with van der Waals surface area (Å²) in [5, 5.41) is 2.98. The number of rotatable bonds is 3. The monoisotopic (exact) mass is 204 g/mol. The topological polar surface area (TPSA) is 42.0 Å². The molecule has 0 bridgehead atoms. The van der Waals surface area contributed by atoms with Crippen molar-refractivity contribution in [1.29, 1.82) is 0 Å². The van der Waals surface area contributed by atoms with Crippen LogP contribution in [0, 0.1) is 12.8 Å². The normalized spacial score (nSPS) is 17.2. The van der Waals surface area contributed by atoms with E-state index in [-0.39, 0.29) is 11.9 Å². The zero-order chi connectivity index (χ0) is 10.8. The highest BCUT2D eigenvalue weighted by molar-refractivity contribution is 5.92. The molecule has 1 atom stereocenters. The van der Waals surface area contributed by atoms with Crippen molar-refractivity contribution in [2.75, 3.05) is 0 Å². The Bertz CT molecular complexity index is 372. The molecule has 3 heteroatoms. The number of hydrogen-bond acceptors (Lipinski definition) is 2. The number of nitrogens with one attached hydrogen (secondary N) is 1. The molecule has 0 saturated heterocycles. The van der Waals surface area contributed by atoms with Crippen molar-refractivity contribution in [2.45, 2.75) is 32.7 Å². The van der Waals surface area contributed by atoms with Crippen molar-refractivity contribution in [3.05, 3.63) is 29.6 Å². The lowest BCUT2D eigenvalue weighted by Gasteiger charge is -2.12. The molecule has 1 aliphatic carbocycles. The van der Waals surface area contributed by atoms with E-state index in [0.717, 1.165) is 5.69 Å². The molecule has 1 heterocycles. The van der Waals surface area contributed by atoms with Crippen LogP contribution in [-0.2, 0) is 0 Å². The van der Waals surface area contributed by atoms with Crippen molar-refractivity contribution in [3.8, 4) is 0 Å². The second-order valence-electron chi connectivity index (χ2n) is 4.26. The van der Waals surface area contributed by atoms with Crippen LogP contribution in [0.25, 0.3) is 0 Å². The van der Waals surface area contributed by atoms with Crippen LogP contribution in [0.3, 0.4) is 0 Å². The highest BCUT2D eigenvalue weighted by Crippen LogP contribution is 2.32. The molecule has 1 aliphatic rings. The van der Waals surface area contributed by atoms with Gasteiger partial charge in [0.2, 0.25) is 0 Å². The zero-order valence-corrected chi connectivity index (χ0v) is 9.16. The van der Waals surface area contributed by atoms with Gasteiger partial charge in [0, 0.05) is 11.7 Å². The van der Waals surface area contributed by atoms with Gasteiger partial charge in [0.15, 0.2) is 0 Å². The Morgan fingerprint density at radius 1 is 1.53 bits per heavy atom. The van der Waals surface area contributed by atoms with E-state index in [4.69, 9.17) is 0 Å². The molecule has 0 unspecified atom stereocenters. The van der Waals surface area contributed by atoms with E-state index in [9.17, 15) is 4.79 Å². The van der Waals surface area contributed by atoms with Gasteiger partial charge >= 0.3 is 0 Å². The fourth-order valence-corrected chi connectivity index (χ4v) is 1.66. The largest absolute Gasteiger partial charge is 0.348 e. The molecule has 2 rings (SSSR count). The number of carbonyl (C=O) groups excluding carboxylic acids is 1. The summed E-state index contributed by atoms with van der Waals surface area (Å²) in [5.74, 6) is 0.622. The summed E-state index contributed by atoms with van der Waals surface area (Å²) in [6.07, 6.45) is 2.48. The molecule has 0 aliphatic heterocycles. The molecule has 1 aromatic rings. The summed E-state index contributed by atoms with van der Waals surface area (Å²) in [7, 11) is 0. The summed E-state index contributed by atoms with van der Waals surface area (Å²) in [5.41, 5.74) is 1.39. The minimum atomic E-state index is -0.0573. The number of amides is 1.